The summed E-state index contributed by atoms with van der Waals surface area (Å²) in [5.41, 5.74) is -0.219. The van der Waals surface area contributed by atoms with Gasteiger partial charge in [0.2, 0.25) is 0 Å². The lowest BCUT2D eigenvalue weighted by Crippen LogP contribution is -2.19. The second kappa shape index (κ2) is 3.64. The Balaban J connectivity index is 3.17. The zero-order chi connectivity index (χ0) is 7.33. The summed E-state index contributed by atoms with van der Waals surface area (Å²) in [5, 5.41) is 0. The molecule has 0 radical (unpaired) electrons. The zero-order valence-electron chi connectivity index (χ0n) is 6.31. The molecular formula is C7H14O2. The predicted octanol–water partition coefficient (Wildman–Crippen LogP) is 1.92. The van der Waals surface area contributed by atoms with Crippen LogP contribution in [-0.2, 0) is 9.78 Å². The summed E-state index contributed by atoms with van der Waals surface area (Å²) in [6.45, 7) is 9.70. The van der Waals surface area contributed by atoms with Crippen molar-refractivity contribution in [3.63, 3.8) is 0 Å². The molecule has 0 saturated heterocycles. The number of hydrogen-bond acceptors (Lipinski definition) is 2. The summed E-state index contributed by atoms with van der Waals surface area (Å²) in [7, 11) is 0. The number of hydrogen-bond donors (Lipinski definition) is 0. The van der Waals surface area contributed by atoms with Gasteiger partial charge in [-0.05, 0) is 20.8 Å². The van der Waals surface area contributed by atoms with Gasteiger partial charge in [-0.25, -0.2) is 9.78 Å². The van der Waals surface area contributed by atoms with Gasteiger partial charge in [-0.15, -0.1) is 6.58 Å². The van der Waals surface area contributed by atoms with Crippen LogP contribution in [0.1, 0.15) is 20.8 Å². The second-order valence-corrected chi connectivity index (χ2v) is 2.77. The van der Waals surface area contributed by atoms with Gasteiger partial charge in [0.1, 0.15) is 6.61 Å². The molecule has 0 saturated carbocycles. The molecule has 0 aliphatic heterocycles. The molecule has 0 amide bonds. The summed E-state index contributed by atoms with van der Waals surface area (Å²) < 4.78 is 0. The predicted molar refractivity (Wildman–Crippen MR) is 37.0 cm³/mol. The lowest BCUT2D eigenvalue weighted by atomic mass is 10.2. The highest BCUT2D eigenvalue weighted by Crippen LogP contribution is 2.06. The minimum Gasteiger partial charge on any atom is -0.232 e. The Morgan fingerprint density at radius 3 is 2.33 bits per heavy atom. The first-order valence-corrected chi connectivity index (χ1v) is 2.98. The van der Waals surface area contributed by atoms with Gasteiger partial charge in [-0.1, -0.05) is 6.08 Å². The molecule has 9 heavy (non-hydrogen) atoms. The summed E-state index contributed by atoms with van der Waals surface area (Å²) >= 11 is 0. The fraction of sp³-hybridized carbons (Fsp3) is 0.714. The van der Waals surface area contributed by atoms with Gasteiger partial charge in [0.15, 0.2) is 0 Å². The fourth-order valence-electron chi connectivity index (χ4n) is 0.259. The van der Waals surface area contributed by atoms with Crippen molar-refractivity contribution >= 4 is 0 Å². The molecular weight excluding hydrogens is 116 g/mol. The average molecular weight is 130 g/mol. The van der Waals surface area contributed by atoms with Crippen molar-refractivity contribution in [2.45, 2.75) is 26.4 Å². The van der Waals surface area contributed by atoms with Gasteiger partial charge in [-0.2, -0.15) is 0 Å². The molecule has 0 rings (SSSR count). The molecule has 0 aromatic carbocycles. The fourth-order valence-corrected chi connectivity index (χ4v) is 0.259. The third kappa shape index (κ3) is 7.66. The van der Waals surface area contributed by atoms with E-state index in [0.717, 1.165) is 0 Å². The molecule has 0 N–H and O–H groups in total. The van der Waals surface area contributed by atoms with Crippen molar-refractivity contribution in [2.24, 2.45) is 0 Å². The van der Waals surface area contributed by atoms with E-state index in [2.05, 4.69) is 6.58 Å². The highest BCUT2D eigenvalue weighted by molar-refractivity contribution is 4.63. The minimum atomic E-state index is -0.219. The SMILES string of the molecule is C=CCOOC(C)(C)C. The molecule has 0 bridgehead atoms. The molecule has 0 atom stereocenters. The van der Waals surface area contributed by atoms with Crippen LogP contribution in [0.3, 0.4) is 0 Å². The van der Waals surface area contributed by atoms with Gasteiger partial charge < -0.3 is 0 Å². The van der Waals surface area contributed by atoms with Crippen molar-refractivity contribution < 1.29 is 9.78 Å². The molecule has 0 unspecified atom stereocenters. The lowest BCUT2D eigenvalue weighted by molar-refractivity contribution is -0.341. The van der Waals surface area contributed by atoms with Crippen LogP contribution in [0.5, 0.6) is 0 Å². The van der Waals surface area contributed by atoms with Crippen molar-refractivity contribution in [3.8, 4) is 0 Å². The van der Waals surface area contributed by atoms with E-state index in [4.69, 9.17) is 9.78 Å². The highest BCUT2D eigenvalue weighted by atomic mass is 17.2. The van der Waals surface area contributed by atoms with E-state index in [1.165, 1.54) is 0 Å². The van der Waals surface area contributed by atoms with Crippen LogP contribution in [-0.4, -0.2) is 12.2 Å². The lowest BCUT2D eigenvalue weighted by Gasteiger charge is -2.16. The molecule has 0 aliphatic rings. The first kappa shape index (κ1) is 8.66. The smallest absolute Gasteiger partial charge is 0.100 e. The molecule has 0 aromatic heterocycles. The van der Waals surface area contributed by atoms with Gasteiger partial charge >= 0.3 is 0 Å². The van der Waals surface area contributed by atoms with Crippen molar-refractivity contribution in [3.05, 3.63) is 12.7 Å². The Bertz CT molecular complexity index is 81.4. The maximum atomic E-state index is 4.90. The highest BCUT2D eigenvalue weighted by Gasteiger charge is 2.09. The third-order valence-electron chi connectivity index (χ3n) is 0.495. The molecule has 0 heterocycles. The Labute approximate surface area is 56.4 Å². The van der Waals surface area contributed by atoms with E-state index in [1.807, 2.05) is 20.8 Å². The van der Waals surface area contributed by atoms with Crippen molar-refractivity contribution in [1.82, 2.24) is 0 Å². The van der Waals surface area contributed by atoms with Gasteiger partial charge in [0.25, 0.3) is 0 Å². The summed E-state index contributed by atoms with van der Waals surface area (Å²) in [4.78, 5) is 9.63. The van der Waals surface area contributed by atoms with Gasteiger partial charge in [0.05, 0.1) is 5.60 Å². The number of rotatable bonds is 3. The van der Waals surface area contributed by atoms with E-state index in [9.17, 15) is 0 Å². The molecule has 0 aliphatic carbocycles. The topological polar surface area (TPSA) is 18.5 Å². The van der Waals surface area contributed by atoms with Crippen molar-refractivity contribution in [1.29, 1.82) is 0 Å². The largest absolute Gasteiger partial charge is 0.232 e. The van der Waals surface area contributed by atoms with E-state index < -0.39 is 0 Å². The molecule has 0 fully saturated rings. The summed E-state index contributed by atoms with van der Waals surface area (Å²) in [6.07, 6.45) is 1.64. The van der Waals surface area contributed by atoms with Crippen LogP contribution in [0.4, 0.5) is 0 Å². The average Bonchev–Trinajstić information content (AvgIpc) is 1.63. The Kier molecular flexibility index (Phi) is 3.50. The van der Waals surface area contributed by atoms with Crippen LogP contribution in [0.2, 0.25) is 0 Å². The van der Waals surface area contributed by atoms with E-state index in [-0.39, 0.29) is 5.60 Å². The molecule has 2 heteroatoms. The van der Waals surface area contributed by atoms with Crippen LogP contribution in [0.25, 0.3) is 0 Å². The Morgan fingerprint density at radius 1 is 1.44 bits per heavy atom. The first-order chi connectivity index (χ1) is 4.06. The van der Waals surface area contributed by atoms with Gasteiger partial charge in [-0.3, -0.25) is 0 Å². The van der Waals surface area contributed by atoms with Crippen LogP contribution in [0, 0.1) is 0 Å². The standard InChI is InChI=1S/C7H14O2/c1-5-6-8-9-7(2,3)4/h5H,1,6H2,2-4H3. The van der Waals surface area contributed by atoms with Crippen LogP contribution < -0.4 is 0 Å². The maximum absolute atomic E-state index is 4.90. The molecule has 2 nitrogen and oxygen atoms in total. The molecule has 54 valence electrons. The van der Waals surface area contributed by atoms with E-state index in [1.54, 1.807) is 6.08 Å². The summed E-state index contributed by atoms with van der Waals surface area (Å²) in [6, 6.07) is 0. The monoisotopic (exact) mass is 130 g/mol. The Hall–Kier alpha value is -0.340. The second-order valence-electron chi connectivity index (χ2n) is 2.77. The molecule has 0 spiro atoms. The molecule has 0 aromatic rings. The first-order valence-electron chi connectivity index (χ1n) is 2.98. The van der Waals surface area contributed by atoms with Gasteiger partial charge in [0, 0.05) is 0 Å². The van der Waals surface area contributed by atoms with E-state index in [0.29, 0.717) is 6.61 Å². The summed E-state index contributed by atoms with van der Waals surface area (Å²) in [5.74, 6) is 0. The van der Waals surface area contributed by atoms with Crippen LogP contribution >= 0.6 is 0 Å². The maximum Gasteiger partial charge on any atom is 0.100 e. The normalized spacial score (nSPS) is 11.4. The third-order valence-corrected chi connectivity index (χ3v) is 0.495. The van der Waals surface area contributed by atoms with Crippen molar-refractivity contribution in [2.75, 3.05) is 6.61 Å². The van der Waals surface area contributed by atoms with Crippen LogP contribution in [0.15, 0.2) is 12.7 Å². The zero-order valence-corrected chi connectivity index (χ0v) is 6.31. The Morgan fingerprint density at radius 2 is 2.00 bits per heavy atom. The minimum absolute atomic E-state index is 0.219. The van der Waals surface area contributed by atoms with E-state index >= 15 is 0 Å². The quantitative estimate of drug-likeness (QED) is 0.251.